The van der Waals surface area contributed by atoms with Crippen molar-refractivity contribution < 1.29 is 9.53 Å². The molecule has 1 fully saturated rings. The molecule has 0 spiro atoms. The van der Waals surface area contributed by atoms with Gasteiger partial charge in [0.2, 0.25) is 0 Å². The standard InChI is InChI=1S/C16H16Cl2N2O2/c1-9(22-15-6-5-11(17)8-13(15)18)16(21)20-19-14-7-10-3-2-4-12(10)14/h2-3,5-6,8-10,12H,4,7H2,1H3,(H,20,21)/b19-14+/t9-,10+,12+/m1/s1. The Morgan fingerprint density at radius 1 is 1.45 bits per heavy atom. The normalized spacial score (nSPS) is 25.5. The SMILES string of the molecule is C[C@@H](Oc1ccc(Cl)cc1Cl)C(=O)N/N=C1\C[C@@H]2C=CC[C@H]12. The van der Waals surface area contributed by atoms with E-state index >= 15 is 0 Å². The van der Waals surface area contributed by atoms with Gasteiger partial charge in [0.05, 0.1) is 5.02 Å². The van der Waals surface area contributed by atoms with E-state index in [0.717, 1.165) is 18.6 Å². The largest absolute Gasteiger partial charge is 0.479 e. The predicted molar refractivity (Wildman–Crippen MR) is 87.5 cm³/mol. The summed E-state index contributed by atoms with van der Waals surface area (Å²) in [5, 5.41) is 5.11. The van der Waals surface area contributed by atoms with Crippen LogP contribution in [0.3, 0.4) is 0 Å². The van der Waals surface area contributed by atoms with Gasteiger partial charge in [0, 0.05) is 16.7 Å². The second kappa shape index (κ2) is 6.31. The third kappa shape index (κ3) is 3.13. The number of benzene rings is 1. The number of fused-ring (bicyclic) bond motifs is 1. The van der Waals surface area contributed by atoms with Gasteiger partial charge in [-0.2, -0.15) is 5.10 Å². The topological polar surface area (TPSA) is 50.7 Å². The van der Waals surface area contributed by atoms with Crippen molar-refractivity contribution in [2.45, 2.75) is 25.9 Å². The van der Waals surface area contributed by atoms with Crippen LogP contribution in [-0.4, -0.2) is 17.7 Å². The van der Waals surface area contributed by atoms with E-state index in [1.165, 1.54) is 0 Å². The molecule has 0 unspecified atom stereocenters. The predicted octanol–water partition coefficient (Wildman–Crippen LogP) is 3.83. The Balaban J connectivity index is 1.55. The third-order valence-electron chi connectivity index (χ3n) is 4.04. The van der Waals surface area contributed by atoms with Crippen LogP contribution >= 0.6 is 23.2 Å². The van der Waals surface area contributed by atoms with Gasteiger partial charge in [0.1, 0.15) is 5.75 Å². The Bertz CT molecular complexity index is 658. The minimum Gasteiger partial charge on any atom is -0.479 e. The number of allylic oxidation sites excluding steroid dienone is 2. The number of carbonyl (C=O) groups excluding carboxylic acids is 1. The van der Waals surface area contributed by atoms with Crippen LogP contribution in [0.15, 0.2) is 35.5 Å². The zero-order valence-electron chi connectivity index (χ0n) is 12.1. The second-order valence-corrected chi connectivity index (χ2v) is 6.40. The highest BCUT2D eigenvalue weighted by Crippen LogP contribution is 2.40. The highest BCUT2D eigenvalue weighted by atomic mass is 35.5. The van der Waals surface area contributed by atoms with Crippen molar-refractivity contribution >= 4 is 34.8 Å². The molecule has 0 saturated heterocycles. The molecule has 0 radical (unpaired) electrons. The summed E-state index contributed by atoms with van der Waals surface area (Å²) in [4.78, 5) is 12.0. The summed E-state index contributed by atoms with van der Waals surface area (Å²) in [6, 6.07) is 4.88. The Kier molecular flexibility index (Phi) is 4.41. The van der Waals surface area contributed by atoms with Gasteiger partial charge in [-0.25, -0.2) is 5.43 Å². The maximum Gasteiger partial charge on any atom is 0.280 e. The Morgan fingerprint density at radius 2 is 2.27 bits per heavy atom. The van der Waals surface area contributed by atoms with Gasteiger partial charge in [-0.3, -0.25) is 4.79 Å². The third-order valence-corrected chi connectivity index (χ3v) is 4.57. The highest BCUT2D eigenvalue weighted by molar-refractivity contribution is 6.35. The molecule has 116 valence electrons. The molecule has 4 nitrogen and oxygen atoms in total. The van der Waals surface area contributed by atoms with Gasteiger partial charge >= 0.3 is 0 Å². The van der Waals surface area contributed by atoms with Crippen LogP contribution in [0.2, 0.25) is 10.0 Å². The van der Waals surface area contributed by atoms with Crippen molar-refractivity contribution in [3.63, 3.8) is 0 Å². The number of ether oxygens (including phenoxy) is 1. The zero-order valence-corrected chi connectivity index (χ0v) is 13.6. The summed E-state index contributed by atoms with van der Waals surface area (Å²) < 4.78 is 5.55. The molecule has 3 rings (SSSR count). The first-order valence-corrected chi connectivity index (χ1v) is 7.95. The molecule has 1 saturated carbocycles. The van der Waals surface area contributed by atoms with E-state index in [2.05, 4.69) is 22.7 Å². The minimum absolute atomic E-state index is 0.298. The van der Waals surface area contributed by atoms with Gasteiger partial charge in [0.25, 0.3) is 5.91 Å². The summed E-state index contributed by atoms with van der Waals surface area (Å²) in [6.45, 7) is 1.65. The number of hydrazone groups is 1. The average molecular weight is 339 g/mol. The first kappa shape index (κ1) is 15.4. The van der Waals surface area contributed by atoms with Crippen LogP contribution in [0.5, 0.6) is 5.75 Å². The summed E-state index contributed by atoms with van der Waals surface area (Å²) in [6.07, 6.45) is 5.65. The number of amides is 1. The maximum atomic E-state index is 12.0. The van der Waals surface area contributed by atoms with Crippen LogP contribution in [0, 0.1) is 11.8 Å². The monoisotopic (exact) mass is 338 g/mol. The molecule has 6 heteroatoms. The number of carbonyl (C=O) groups is 1. The van der Waals surface area contributed by atoms with Gasteiger partial charge in [-0.05, 0) is 43.9 Å². The van der Waals surface area contributed by atoms with Crippen molar-refractivity contribution in [3.8, 4) is 5.75 Å². The molecule has 1 aromatic rings. The summed E-state index contributed by atoms with van der Waals surface area (Å²) in [5.74, 6) is 1.21. The number of rotatable bonds is 4. The van der Waals surface area contributed by atoms with Crippen LogP contribution in [0.4, 0.5) is 0 Å². The van der Waals surface area contributed by atoms with E-state index in [-0.39, 0.29) is 5.91 Å². The molecular weight excluding hydrogens is 323 g/mol. The van der Waals surface area contributed by atoms with Crippen molar-refractivity contribution in [1.82, 2.24) is 5.43 Å². The van der Waals surface area contributed by atoms with Crippen molar-refractivity contribution in [2.24, 2.45) is 16.9 Å². The van der Waals surface area contributed by atoms with Crippen LogP contribution in [0.1, 0.15) is 19.8 Å². The number of halogens is 2. The fraction of sp³-hybridized carbons (Fsp3) is 0.375. The zero-order chi connectivity index (χ0) is 15.7. The Hall–Kier alpha value is -1.52. The average Bonchev–Trinajstić information content (AvgIpc) is 2.83. The fourth-order valence-corrected chi connectivity index (χ4v) is 3.15. The lowest BCUT2D eigenvalue weighted by atomic mass is 9.74. The molecule has 0 heterocycles. The lowest BCUT2D eigenvalue weighted by molar-refractivity contribution is -0.127. The van der Waals surface area contributed by atoms with E-state index in [1.807, 2.05) is 0 Å². The van der Waals surface area contributed by atoms with Gasteiger partial charge < -0.3 is 4.74 Å². The first-order chi connectivity index (χ1) is 10.5. The molecule has 0 aliphatic heterocycles. The maximum absolute atomic E-state index is 12.0. The molecule has 1 aromatic carbocycles. The quantitative estimate of drug-likeness (QED) is 0.670. The van der Waals surface area contributed by atoms with Gasteiger partial charge in [-0.15, -0.1) is 0 Å². The van der Waals surface area contributed by atoms with Crippen molar-refractivity contribution in [2.75, 3.05) is 0 Å². The second-order valence-electron chi connectivity index (χ2n) is 5.55. The molecule has 22 heavy (non-hydrogen) atoms. The Morgan fingerprint density at radius 3 is 3.00 bits per heavy atom. The number of nitrogens with zero attached hydrogens (tertiary/aromatic N) is 1. The van der Waals surface area contributed by atoms with Crippen LogP contribution < -0.4 is 10.2 Å². The number of hydrogen-bond acceptors (Lipinski definition) is 3. The lowest BCUT2D eigenvalue weighted by Crippen LogP contribution is -2.38. The van der Waals surface area contributed by atoms with Crippen LogP contribution in [0.25, 0.3) is 0 Å². The van der Waals surface area contributed by atoms with Crippen molar-refractivity contribution in [1.29, 1.82) is 0 Å². The van der Waals surface area contributed by atoms with E-state index in [9.17, 15) is 4.79 Å². The lowest BCUT2D eigenvalue weighted by Gasteiger charge is -2.31. The van der Waals surface area contributed by atoms with Crippen molar-refractivity contribution in [3.05, 3.63) is 40.4 Å². The molecule has 2 aliphatic carbocycles. The van der Waals surface area contributed by atoms with Gasteiger partial charge in [-0.1, -0.05) is 35.4 Å². The molecule has 1 N–H and O–H groups in total. The highest BCUT2D eigenvalue weighted by Gasteiger charge is 2.38. The van der Waals surface area contributed by atoms with Crippen LogP contribution in [-0.2, 0) is 4.79 Å². The van der Waals surface area contributed by atoms with E-state index in [0.29, 0.717) is 27.6 Å². The first-order valence-electron chi connectivity index (χ1n) is 7.19. The number of nitrogens with one attached hydrogen (secondary N) is 1. The number of hydrogen-bond donors (Lipinski definition) is 1. The molecule has 0 bridgehead atoms. The molecule has 3 atom stereocenters. The smallest absolute Gasteiger partial charge is 0.280 e. The molecule has 1 amide bonds. The van der Waals surface area contributed by atoms with Gasteiger partial charge in [0.15, 0.2) is 6.10 Å². The van der Waals surface area contributed by atoms with E-state index < -0.39 is 6.10 Å². The fourth-order valence-electron chi connectivity index (χ4n) is 2.70. The van der Waals surface area contributed by atoms with E-state index in [4.69, 9.17) is 27.9 Å². The summed E-state index contributed by atoms with van der Waals surface area (Å²) >= 11 is 11.8. The van der Waals surface area contributed by atoms with E-state index in [1.54, 1.807) is 25.1 Å². The molecule has 2 aliphatic rings. The molecular formula is C16H16Cl2N2O2. The summed E-state index contributed by atoms with van der Waals surface area (Å²) in [5.41, 5.74) is 3.63. The Labute approximate surface area is 139 Å². The summed E-state index contributed by atoms with van der Waals surface area (Å²) in [7, 11) is 0. The minimum atomic E-state index is -0.694. The molecule has 0 aromatic heterocycles.